The van der Waals surface area contributed by atoms with E-state index in [2.05, 4.69) is 5.32 Å². The van der Waals surface area contributed by atoms with Crippen LogP contribution in [0.15, 0.2) is 18.2 Å². The first-order valence-electron chi connectivity index (χ1n) is 6.88. The van der Waals surface area contributed by atoms with Crippen LogP contribution in [0, 0.1) is 5.82 Å². The topological polar surface area (TPSA) is 29.1 Å². The summed E-state index contributed by atoms with van der Waals surface area (Å²) in [5, 5.41) is 3.36. The average molecular weight is 284 g/mol. The summed E-state index contributed by atoms with van der Waals surface area (Å²) in [6.45, 7) is 0. The normalized spacial score (nSPS) is 16.9. The molecule has 0 heterocycles. The number of hydrogen-bond acceptors (Lipinski definition) is 1. The number of rotatable bonds is 3. The van der Waals surface area contributed by atoms with Gasteiger partial charge in [0.1, 0.15) is 5.82 Å². The molecule has 0 radical (unpaired) electrons. The fourth-order valence-corrected chi connectivity index (χ4v) is 2.70. The highest BCUT2D eigenvalue weighted by Crippen LogP contribution is 2.18. The van der Waals surface area contributed by atoms with Gasteiger partial charge in [-0.3, -0.25) is 4.79 Å². The summed E-state index contributed by atoms with van der Waals surface area (Å²) in [6, 6.07) is 4.68. The molecule has 1 aliphatic rings. The Bertz CT molecular complexity index is 442. The van der Waals surface area contributed by atoms with Crippen LogP contribution < -0.4 is 5.32 Å². The molecular formula is C15H19ClFNO. The van der Waals surface area contributed by atoms with Crippen LogP contribution in [0.2, 0.25) is 5.02 Å². The second-order valence-electron chi connectivity index (χ2n) is 5.17. The number of amides is 1. The molecule has 0 saturated heterocycles. The second-order valence-corrected chi connectivity index (χ2v) is 5.60. The molecule has 2 nitrogen and oxygen atoms in total. The van der Waals surface area contributed by atoms with Crippen molar-refractivity contribution in [3.63, 3.8) is 0 Å². The van der Waals surface area contributed by atoms with Crippen molar-refractivity contribution < 1.29 is 9.18 Å². The van der Waals surface area contributed by atoms with Crippen molar-refractivity contribution in [2.75, 3.05) is 0 Å². The molecule has 0 aromatic heterocycles. The predicted molar refractivity (Wildman–Crippen MR) is 74.7 cm³/mol. The van der Waals surface area contributed by atoms with Gasteiger partial charge in [-0.15, -0.1) is 0 Å². The van der Waals surface area contributed by atoms with E-state index in [9.17, 15) is 9.18 Å². The van der Waals surface area contributed by atoms with Crippen molar-refractivity contribution in [1.29, 1.82) is 0 Å². The fraction of sp³-hybridized carbons (Fsp3) is 0.533. The van der Waals surface area contributed by atoms with E-state index in [1.54, 1.807) is 12.1 Å². The van der Waals surface area contributed by atoms with E-state index in [4.69, 9.17) is 11.6 Å². The van der Waals surface area contributed by atoms with Crippen LogP contribution in [-0.2, 0) is 11.2 Å². The lowest BCUT2D eigenvalue weighted by molar-refractivity contribution is -0.121. The minimum atomic E-state index is -0.413. The number of hydrogen-bond donors (Lipinski definition) is 1. The van der Waals surface area contributed by atoms with Crippen molar-refractivity contribution in [3.05, 3.63) is 34.6 Å². The molecule has 0 aliphatic heterocycles. The van der Waals surface area contributed by atoms with Crippen LogP contribution in [0.5, 0.6) is 0 Å². The van der Waals surface area contributed by atoms with Gasteiger partial charge in [-0.05, 0) is 30.5 Å². The summed E-state index contributed by atoms with van der Waals surface area (Å²) in [5.74, 6) is -0.517. The molecule has 19 heavy (non-hydrogen) atoms. The Kier molecular flexibility index (Phi) is 5.20. The standard InChI is InChI=1S/C15H19ClFNO/c16-12-8-7-11(14(17)10-12)9-15(19)18-13-5-3-1-2-4-6-13/h7-8,10,13H,1-6,9H2,(H,18,19). The minimum absolute atomic E-state index is 0.0828. The molecule has 1 aliphatic carbocycles. The van der Waals surface area contributed by atoms with Gasteiger partial charge in [0.2, 0.25) is 5.91 Å². The van der Waals surface area contributed by atoms with Gasteiger partial charge in [-0.25, -0.2) is 4.39 Å². The highest BCUT2D eigenvalue weighted by atomic mass is 35.5. The van der Waals surface area contributed by atoms with Crippen molar-refractivity contribution >= 4 is 17.5 Å². The minimum Gasteiger partial charge on any atom is -0.353 e. The van der Waals surface area contributed by atoms with E-state index in [1.165, 1.54) is 31.7 Å². The maximum Gasteiger partial charge on any atom is 0.224 e. The fourth-order valence-electron chi connectivity index (χ4n) is 2.54. The molecule has 0 spiro atoms. The monoisotopic (exact) mass is 283 g/mol. The zero-order valence-electron chi connectivity index (χ0n) is 10.9. The molecular weight excluding hydrogens is 265 g/mol. The first-order valence-corrected chi connectivity index (χ1v) is 7.26. The molecule has 1 aromatic carbocycles. The molecule has 1 amide bonds. The summed E-state index contributed by atoms with van der Waals surface area (Å²) in [5.41, 5.74) is 0.399. The Morgan fingerprint density at radius 2 is 1.95 bits per heavy atom. The molecule has 4 heteroatoms. The Hall–Kier alpha value is -1.09. The highest BCUT2D eigenvalue weighted by Gasteiger charge is 2.16. The van der Waals surface area contributed by atoms with Gasteiger partial charge in [-0.2, -0.15) is 0 Å². The maximum atomic E-state index is 13.6. The quantitative estimate of drug-likeness (QED) is 0.839. The number of halogens is 2. The Morgan fingerprint density at radius 1 is 1.26 bits per heavy atom. The van der Waals surface area contributed by atoms with Crippen LogP contribution in [-0.4, -0.2) is 11.9 Å². The lowest BCUT2D eigenvalue weighted by atomic mass is 10.1. The van der Waals surface area contributed by atoms with Gasteiger partial charge in [-0.1, -0.05) is 43.4 Å². The molecule has 0 bridgehead atoms. The van der Waals surface area contributed by atoms with E-state index in [0.717, 1.165) is 12.8 Å². The van der Waals surface area contributed by atoms with E-state index in [0.29, 0.717) is 10.6 Å². The van der Waals surface area contributed by atoms with Crippen molar-refractivity contribution in [1.82, 2.24) is 5.32 Å². The first-order chi connectivity index (χ1) is 9.15. The van der Waals surface area contributed by atoms with E-state index in [-0.39, 0.29) is 18.4 Å². The van der Waals surface area contributed by atoms with Gasteiger partial charge < -0.3 is 5.32 Å². The molecule has 1 fully saturated rings. The van der Waals surface area contributed by atoms with Crippen LogP contribution in [0.3, 0.4) is 0 Å². The second kappa shape index (κ2) is 6.90. The third-order valence-corrected chi connectivity index (χ3v) is 3.82. The number of carbonyl (C=O) groups is 1. The molecule has 1 saturated carbocycles. The van der Waals surface area contributed by atoms with Gasteiger partial charge in [0.05, 0.1) is 6.42 Å². The van der Waals surface area contributed by atoms with Crippen molar-refractivity contribution in [2.45, 2.75) is 51.0 Å². The van der Waals surface area contributed by atoms with Crippen LogP contribution in [0.4, 0.5) is 4.39 Å². The summed E-state index contributed by atoms with van der Waals surface area (Å²) in [6.07, 6.45) is 6.99. The Labute approximate surface area is 118 Å². The number of nitrogens with one attached hydrogen (secondary N) is 1. The molecule has 1 aromatic rings. The van der Waals surface area contributed by atoms with E-state index >= 15 is 0 Å². The van der Waals surface area contributed by atoms with Crippen molar-refractivity contribution in [3.8, 4) is 0 Å². The van der Waals surface area contributed by atoms with Crippen LogP contribution >= 0.6 is 11.6 Å². The Morgan fingerprint density at radius 3 is 2.58 bits per heavy atom. The van der Waals surface area contributed by atoms with Gasteiger partial charge in [0.25, 0.3) is 0 Å². The molecule has 1 N–H and O–H groups in total. The summed E-state index contributed by atoms with van der Waals surface area (Å²) in [7, 11) is 0. The van der Waals surface area contributed by atoms with Crippen molar-refractivity contribution in [2.24, 2.45) is 0 Å². The molecule has 0 atom stereocenters. The summed E-state index contributed by atoms with van der Waals surface area (Å²) in [4.78, 5) is 11.9. The average Bonchev–Trinajstić information content (AvgIpc) is 2.61. The predicted octanol–water partition coefficient (Wildman–Crippen LogP) is 3.86. The first kappa shape index (κ1) is 14.3. The van der Waals surface area contributed by atoms with Gasteiger partial charge in [0, 0.05) is 11.1 Å². The van der Waals surface area contributed by atoms with Gasteiger partial charge >= 0.3 is 0 Å². The van der Waals surface area contributed by atoms with Crippen LogP contribution in [0.25, 0.3) is 0 Å². The van der Waals surface area contributed by atoms with E-state index < -0.39 is 5.82 Å². The largest absolute Gasteiger partial charge is 0.353 e. The van der Waals surface area contributed by atoms with Crippen LogP contribution in [0.1, 0.15) is 44.1 Å². The smallest absolute Gasteiger partial charge is 0.224 e. The molecule has 2 rings (SSSR count). The maximum absolute atomic E-state index is 13.6. The van der Waals surface area contributed by atoms with Gasteiger partial charge in [0.15, 0.2) is 0 Å². The van der Waals surface area contributed by atoms with E-state index in [1.807, 2.05) is 0 Å². The lowest BCUT2D eigenvalue weighted by Gasteiger charge is -2.16. The molecule has 0 unspecified atom stereocenters. The Balaban J connectivity index is 1.89. The third kappa shape index (κ3) is 4.50. The lowest BCUT2D eigenvalue weighted by Crippen LogP contribution is -2.35. The third-order valence-electron chi connectivity index (χ3n) is 3.59. The zero-order chi connectivity index (χ0) is 13.7. The highest BCUT2D eigenvalue weighted by molar-refractivity contribution is 6.30. The number of benzene rings is 1. The summed E-state index contributed by atoms with van der Waals surface area (Å²) >= 11 is 5.69. The summed E-state index contributed by atoms with van der Waals surface area (Å²) < 4.78 is 13.6. The zero-order valence-corrected chi connectivity index (χ0v) is 11.7. The molecule has 104 valence electrons. The SMILES string of the molecule is O=C(Cc1ccc(Cl)cc1F)NC1CCCCCC1. The number of carbonyl (C=O) groups excluding carboxylic acids is 1.